The largest absolute Gasteiger partial charge is 0.481 e. The van der Waals surface area contributed by atoms with Crippen LogP contribution >= 0.6 is 12.6 Å². The molecule has 0 aromatic carbocycles. The second kappa shape index (κ2) is 8.98. The predicted molar refractivity (Wildman–Crippen MR) is 99.7 cm³/mol. The maximum Gasteiger partial charge on any atom is 0.303 e. The number of hydrogen-bond acceptors (Lipinski definition) is 7. The molecule has 0 saturated carbocycles. The Morgan fingerprint density at radius 3 is 2.88 bits per heavy atom. The summed E-state index contributed by atoms with van der Waals surface area (Å²) in [6.45, 7) is 4.00. The van der Waals surface area contributed by atoms with Crippen molar-refractivity contribution in [1.82, 2.24) is 15.4 Å². The average Bonchev–Trinajstić information content (AvgIpc) is 2.55. The molecule has 2 N–H and O–H groups in total. The number of nitrogens with one attached hydrogen (secondary N) is 1. The summed E-state index contributed by atoms with van der Waals surface area (Å²) in [6, 6.07) is 0. The van der Waals surface area contributed by atoms with Crippen molar-refractivity contribution in [1.29, 1.82) is 0 Å². The van der Waals surface area contributed by atoms with E-state index in [4.69, 9.17) is 9.84 Å². The van der Waals surface area contributed by atoms with Crippen LogP contribution in [-0.2, 0) is 16.0 Å². The van der Waals surface area contributed by atoms with Crippen LogP contribution in [0.1, 0.15) is 57.3 Å². The molecule has 1 aliphatic carbocycles. The van der Waals surface area contributed by atoms with Crippen molar-refractivity contribution in [2.45, 2.75) is 57.1 Å². The molecule has 0 bridgehead atoms. The van der Waals surface area contributed by atoms with Gasteiger partial charge in [0.05, 0.1) is 24.2 Å². The summed E-state index contributed by atoms with van der Waals surface area (Å²) < 4.78 is 5.05. The van der Waals surface area contributed by atoms with E-state index in [1.165, 1.54) is 6.20 Å². The highest BCUT2D eigenvalue weighted by Crippen LogP contribution is 2.21. The van der Waals surface area contributed by atoms with E-state index in [0.717, 1.165) is 18.5 Å². The van der Waals surface area contributed by atoms with Gasteiger partial charge in [0.2, 0.25) is 11.8 Å². The predicted octanol–water partition coefficient (Wildman–Crippen LogP) is 1.98. The van der Waals surface area contributed by atoms with Crippen molar-refractivity contribution >= 4 is 30.2 Å². The monoisotopic (exact) mass is 380 g/mol. The number of fused-ring (bicyclic) bond motifs is 1. The molecule has 26 heavy (non-hydrogen) atoms. The number of aryl methyl sites for hydroxylation is 1. The Balaban J connectivity index is 1.99. The minimum atomic E-state index is -0.852. The smallest absolute Gasteiger partial charge is 0.303 e. The quantitative estimate of drug-likeness (QED) is 0.361. The summed E-state index contributed by atoms with van der Waals surface area (Å²) >= 11 is 4.34. The number of hydrogen-bond donors (Lipinski definition) is 3. The number of thiol groups is 1. The standard InChI is InChI=1S/C17H24N4O4S/c1-17(2,26)9-13(22)21-20-12-6-3-5-11-16(12)18-10-14(19-11)25-8-4-7-15(23)24/h10,26H,3-9H2,1-2H3,(H,21,22)(H,23,24)/b20-12+. The highest BCUT2D eigenvalue weighted by Gasteiger charge is 2.21. The van der Waals surface area contributed by atoms with Crippen LogP contribution in [0.5, 0.6) is 5.88 Å². The van der Waals surface area contributed by atoms with Gasteiger partial charge in [0, 0.05) is 17.6 Å². The summed E-state index contributed by atoms with van der Waals surface area (Å²) in [6.07, 6.45) is 4.55. The summed E-state index contributed by atoms with van der Waals surface area (Å²) in [4.78, 5) is 31.2. The molecule has 9 heteroatoms. The van der Waals surface area contributed by atoms with E-state index in [1.54, 1.807) is 0 Å². The van der Waals surface area contributed by atoms with Crippen LogP contribution in [0, 0.1) is 0 Å². The molecule has 1 aromatic rings. The molecule has 1 amide bonds. The van der Waals surface area contributed by atoms with Gasteiger partial charge in [0.25, 0.3) is 0 Å². The second-order valence-electron chi connectivity index (χ2n) is 6.79. The third kappa shape index (κ3) is 6.62. The van der Waals surface area contributed by atoms with Gasteiger partial charge >= 0.3 is 5.97 Å². The molecule has 142 valence electrons. The van der Waals surface area contributed by atoms with E-state index < -0.39 is 10.7 Å². The van der Waals surface area contributed by atoms with E-state index >= 15 is 0 Å². The molecule has 0 atom stereocenters. The summed E-state index contributed by atoms with van der Waals surface area (Å²) in [5.41, 5.74) is 4.70. The Bertz CT molecular complexity index is 700. The Hall–Kier alpha value is -2.16. The minimum Gasteiger partial charge on any atom is -0.481 e. The van der Waals surface area contributed by atoms with Crippen molar-refractivity contribution in [3.05, 3.63) is 17.6 Å². The topological polar surface area (TPSA) is 114 Å². The summed E-state index contributed by atoms with van der Waals surface area (Å²) in [5, 5.41) is 12.8. The van der Waals surface area contributed by atoms with Crippen LogP contribution in [0.4, 0.5) is 0 Å². The lowest BCUT2D eigenvalue weighted by Gasteiger charge is -2.18. The Labute approximate surface area is 157 Å². The average molecular weight is 380 g/mol. The first-order valence-corrected chi connectivity index (χ1v) is 8.98. The van der Waals surface area contributed by atoms with Crippen molar-refractivity contribution in [2.24, 2.45) is 5.10 Å². The molecule has 0 fully saturated rings. The van der Waals surface area contributed by atoms with Crippen molar-refractivity contribution in [3.63, 3.8) is 0 Å². The molecule has 1 heterocycles. The normalized spacial score (nSPS) is 15.4. The van der Waals surface area contributed by atoms with Gasteiger partial charge in [-0.2, -0.15) is 17.7 Å². The Morgan fingerprint density at radius 2 is 2.19 bits per heavy atom. The zero-order chi connectivity index (χ0) is 19.2. The van der Waals surface area contributed by atoms with Gasteiger partial charge in [-0.05, 0) is 25.7 Å². The SMILES string of the molecule is CC(C)(S)CC(=O)N/N=C1\CCCc2nc(OCCCC(=O)O)cnc21. The van der Waals surface area contributed by atoms with E-state index in [-0.39, 0.29) is 25.4 Å². The molecular formula is C17H24N4O4S. The fourth-order valence-electron chi connectivity index (χ4n) is 2.51. The van der Waals surface area contributed by atoms with Gasteiger partial charge in [-0.3, -0.25) is 9.59 Å². The molecule has 1 aliphatic rings. The van der Waals surface area contributed by atoms with Crippen LogP contribution in [0.2, 0.25) is 0 Å². The number of amides is 1. The van der Waals surface area contributed by atoms with E-state index in [9.17, 15) is 9.59 Å². The molecule has 0 unspecified atom stereocenters. The van der Waals surface area contributed by atoms with Gasteiger partial charge in [-0.1, -0.05) is 13.8 Å². The molecule has 0 saturated heterocycles. The first-order chi connectivity index (χ1) is 12.2. The van der Waals surface area contributed by atoms with Crippen molar-refractivity contribution in [2.75, 3.05) is 6.61 Å². The van der Waals surface area contributed by atoms with Crippen molar-refractivity contribution in [3.8, 4) is 5.88 Å². The third-order valence-electron chi connectivity index (χ3n) is 3.62. The number of rotatable bonds is 8. The molecule has 1 aromatic heterocycles. The number of carbonyl (C=O) groups excluding carboxylic acids is 1. The number of carbonyl (C=O) groups is 2. The first kappa shape index (κ1) is 20.2. The van der Waals surface area contributed by atoms with Gasteiger partial charge in [-0.15, -0.1) is 0 Å². The summed E-state index contributed by atoms with van der Waals surface area (Å²) in [7, 11) is 0. The lowest BCUT2D eigenvalue weighted by molar-refractivity contribution is -0.137. The number of aromatic nitrogens is 2. The van der Waals surface area contributed by atoms with Crippen LogP contribution in [0.25, 0.3) is 0 Å². The molecule has 0 spiro atoms. The minimum absolute atomic E-state index is 0.0535. The van der Waals surface area contributed by atoms with E-state index in [2.05, 4.69) is 33.1 Å². The van der Waals surface area contributed by atoms with Gasteiger partial charge < -0.3 is 9.84 Å². The van der Waals surface area contributed by atoms with E-state index in [0.29, 0.717) is 30.1 Å². The summed E-state index contributed by atoms with van der Waals surface area (Å²) in [5.74, 6) is -0.679. The molecule has 2 rings (SSSR count). The Kier molecular flexibility index (Phi) is 6.96. The molecule has 0 aliphatic heterocycles. The van der Waals surface area contributed by atoms with Crippen molar-refractivity contribution < 1.29 is 19.4 Å². The zero-order valence-corrected chi connectivity index (χ0v) is 15.9. The second-order valence-corrected chi connectivity index (χ2v) is 8.00. The Morgan fingerprint density at radius 1 is 1.42 bits per heavy atom. The van der Waals surface area contributed by atoms with Gasteiger partial charge in [-0.25, -0.2) is 15.4 Å². The maximum atomic E-state index is 11.9. The van der Waals surface area contributed by atoms with Crippen LogP contribution < -0.4 is 10.2 Å². The fraction of sp³-hybridized carbons (Fsp3) is 0.588. The number of carboxylic acid groups (broad SMARTS) is 1. The number of ether oxygens (including phenoxy) is 1. The molecule has 0 radical (unpaired) electrons. The molecular weight excluding hydrogens is 356 g/mol. The van der Waals surface area contributed by atoms with Crippen LogP contribution in [-0.4, -0.2) is 44.0 Å². The third-order valence-corrected chi connectivity index (χ3v) is 3.77. The lowest BCUT2D eigenvalue weighted by atomic mass is 9.98. The number of carboxylic acids is 1. The van der Waals surface area contributed by atoms with Gasteiger partial charge in [0.1, 0.15) is 5.69 Å². The van der Waals surface area contributed by atoms with Crippen LogP contribution in [0.15, 0.2) is 11.3 Å². The fourth-order valence-corrected chi connectivity index (χ4v) is 2.65. The van der Waals surface area contributed by atoms with Gasteiger partial charge in [0.15, 0.2) is 0 Å². The van der Waals surface area contributed by atoms with E-state index in [1.807, 2.05) is 13.8 Å². The maximum absolute atomic E-state index is 11.9. The highest BCUT2D eigenvalue weighted by atomic mass is 32.1. The number of nitrogens with zero attached hydrogens (tertiary/aromatic N) is 3. The zero-order valence-electron chi connectivity index (χ0n) is 15.0. The number of aliphatic carboxylic acids is 1. The lowest BCUT2D eigenvalue weighted by Crippen LogP contribution is -2.28. The number of hydrazone groups is 1. The van der Waals surface area contributed by atoms with Crippen LogP contribution in [0.3, 0.4) is 0 Å². The first-order valence-electron chi connectivity index (χ1n) is 8.53. The molecule has 8 nitrogen and oxygen atoms in total. The highest BCUT2D eigenvalue weighted by molar-refractivity contribution is 7.81.